The molecule has 2 heterocycles. The monoisotopic (exact) mass is 496 g/mol. The Balaban J connectivity index is 1.98. The number of aromatic nitrogens is 2. The third-order valence-corrected chi connectivity index (χ3v) is 5.86. The van der Waals surface area contributed by atoms with Crippen molar-refractivity contribution >= 4 is 34.3 Å². The molecule has 0 saturated heterocycles. The van der Waals surface area contributed by atoms with Gasteiger partial charge in [0.2, 0.25) is 5.91 Å². The summed E-state index contributed by atoms with van der Waals surface area (Å²) in [4.78, 5) is 30.0. The van der Waals surface area contributed by atoms with Crippen molar-refractivity contribution in [2.45, 2.75) is 46.2 Å². The molecule has 0 aliphatic heterocycles. The molecule has 0 fully saturated rings. The van der Waals surface area contributed by atoms with Crippen molar-refractivity contribution < 1.29 is 23.8 Å². The Labute approximate surface area is 212 Å². The van der Waals surface area contributed by atoms with Gasteiger partial charge < -0.3 is 29.4 Å². The highest BCUT2D eigenvalue weighted by atomic mass is 16.5. The quantitative estimate of drug-likeness (QED) is 0.356. The number of benzene rings is 1. The zero-order valence-corrected chi connectivity index (χ0v) is 21.9. The van der Waals surface area contributed by atoms with Crippen LogP contribution in [0.25, 0.3) is 11.0 Å². The Kier molecular flexibility index (Phi) is 9.30. The van der Waals surface area contributed by atoms with Gasteiger partial charge in [-0.2, -0.15) is 0 Å². The number of carbonyl (C=O) groups is 2. The lowest BCUT2D eigenvalue weighted by Crippen LogP contribution is -2.20. The topological polar surface area (TPSA) is 104 Å². The number of aryl methyl sites for hydroxylation is 1. The molecule has 0 unspecified atom stereocenters. The van der Waals surface area contributed by atoms with E-state index in [2.05, 4.69) is 36.4 Å². The number of esters is 1. The van der Waals surface area contributed by atoms with Crippen LogP contribution in [0.15, 0.2) is 36.5 Å². The SMILES string of the molecule is COCC(=O)Nc1c(C(=O)OC)n(CCC(C)C)c2ncc(N[C@@H](C)Cc3ccc(OC)cc3)cc12. The average molecular weight is 497 g/mol. The average Bonchev–Trinajstić information content (AvgIpc) is 3.15. The Hall–Kier alpha value is -3.59. The third-order valence-electron chi connectivity index (χ3n) is 5.86. The van der Waals surface area contributed by atoms with Gasteiger partial charge in [-0.15, -0.1) is 0 Å². The van der Waals surface area contributed by atoms with Gasteiger partial charge in [-0.3, -0.25) is 4.79 Å². The molecular formula is C27H36N4O5. The van der Waals surface area contributed by atoms with Crippen LogP contribution in [0.1, 0.15) is 43.2 Å². The minimum atomic E-state index is -0.535. The van der Waals surface area contributed by atoms with E-state index in [1.165, 1.54) is 19.8 Å². The van der Waals surface area contributed by atoms with Crippen LogP contribution in [0.5, 0.6) is 5.75 Å². The van der Waals surface area contributed by atoms with Crippen molar-refractivity contribution in [3.8, 4) is 5.75 Å². The van der Waals surface area contributed by atoms with E-state index < -0.39 is 5.97 Å². The third kappa shape index (κ3) is 6.54. The number of nitrogens with one attached hydrogen (secondary N) is 2. The highest BCUT2D eigenvalue weighted by molar-refractivity contribution is 6.11. The summed E-state index contributed by atoms with van der Waals surface area (Å²) in [5, 5.41) is 6.98. The summed E-state index contributed by atoms with van der Waals surface area (Å²) in [7, 11) is 4.42. The van der Waals surface area contributed by atoms with Gasteiger partial charge in [0.05, 0.1) is 31.8 Å². The molecule has 2 N–H and O–H groups in total. The van der Waals surface area contributed by atoms with Crippen LogP contribution in [0, 0.1) is 5.92 Å². The van der Waals surface area contributed by atoms with Crippen LogP contribution >= 0.6 is 0 Å². The minimum absolute atomic E-state index is 0.104. The largest absolute Gasteiger partial charge is 0.497 e. The minimum Gasteiger partial charge on any atom is -0.497 e. The molecule has 1 amide bonds. The molecule has 3 aromatic rings. The van der Waals surface area contributed by atoms with Crippen LogP contribution in [0.4, 0.5) is 11.4 Å². The van der Waals surface area contributed by atoms with E-state index in [4.69, 9.17) is 14.2 Å². The highest BCUT2D eigenvalue weighted by Gasteiger charge is 2.26. The molecule has 0 bridgehead atoms. The van der Waals surface area contributed by atoms with Crippen LogP contribution in [0.2, 0.25) is 0 Å². The number of methoxy groups -OCH3 is 3. The fraction of sp³-hybridized carbons (Fsp3) is 0.444. The van der Waals surface area contributed by atoms with Crippen molar-refractivity contribution in [2.75, 3.05) is 38.6 Å². The molecule has 36 heavy (non-hydrogen) atoms. The second-order valence-electron chi connectivity index (χ2n) is 9.22. The van der Waals surface area contributed by atoms with Crippen molar-refractivity contribution in [2.24, 2.45) is 5.92 Å². The predicted octanol–water partition coefficient (Wildman–Crippen LogP) is 4.51. The molecule has 0 radical (unpaired) electrons. The van der Waals surface area contributed by atoms with Crippen LogP contribution < -0.4 is 15.4 Å². The van der Waals surface area contributed by atoms with Crippen molar-refractivity contribution in [1.82, 2.24) is 9.55 Å². The molecule has 9 heteroatoms. The van der Waals surface area contributed by atoms with E-state index in [0.717, 1.165) is 24.3 Å². The summed E-state index contributed by atoms with van der Waals surface area (Å²) >= 11 is 0. The number of hydrogen-bond acceptors (Lipinski definition) is 7. The number of nitrogens with zero attached hydrogens (tertiary/aromatic N) is 2. The maximum Gasteiger partial charge on any atom is 0.356 e. The summed E-state index contributed by atoms with van der Waals surface area (Å²) in [6, 6.07) is 9.98. The van der Waals surface area contributed by atoms with Crippen molar-refractivity contribution in [3.05, 3.63) is 47.8 Å². The fourth-order valence-electron chi connectivity index (χ4n) is 4.10. The lowest BCUT2D eigenvalue weighted by molar-refractivity contribution is -0.119. The number of anilines is 2. The molecule has 3 rings (SSSR count). The molecule has 194 valence electrons. The first kappa shape index (κ1) is 27.0. The molecule has 9 nitrogen and oxygen atoms in total. The molecule has 0 aliphatic rings. The molecule has 1 atom stereocenters. The molecule has 0 spiro atoms. The Morgan fingerprint density at radius 2 is 1.81 bits per heavy atom. The fourth-order valence-corrected chi connectivity index (χ4v) is 4.10. The van der Waals surface area contributed by atoms with Gasteiger partial charge in [0.15, 0.2) is 5.69 Å². The summed E-state index contributed by atoms with van der Waals surface area (Å²) in [5.41, 5.74) is 3.21. The van der Waals surface area contributed by atoms with E-state index in [1.807, 2.05) is 34.9 Å². The van der Waals surface area contributed by atoms with Crippen LogP contribution in [-0.4, -0.2) is 55.4 Å². The van der Waals surface area contributed by atoms with Gasteiger partial charge >= 0.3 is 5.97 Å². The van der Waals surface area contributed by atoms with E-state index in [9.17, 15) is 9.59 Å². The van der Waals surface area contributed by atoms with Crippen LogP contribution in [0.3, 0.4) is 0 Å². The number of ether oxygens (including phenoxy) is 3. The van der Waals surface area contributed by atoms with Crippen molar-refractivity contribution in [1.29, 1.82) is 0 Å². The molecule has 0 aliphatic carbocycles. The molecule has 0 saturated carbocycles. The summed E-state index contributed by atoms with van der Waals surface area (Å²) in [6.07, 6.45) is 3.38. The maximum atomic E-state index is 12.8. The van der Waals surface area contributed by atoms with E-state index in [1.54, 1.807) is 13.3 Å². The number of rotatable bonds is 12. The normalized spacial score (nSPS) is 12.0. The van der Waals surface area contributed by atoms with E-state index >= 15 is 0 Å². The lowest BCUT2D eigenvalue weighted by Gasteiger charge is -2.16. The van der Waals surface area contributed by atoms with Crippen molar-refractivity contribution in [3.63, 3.8) is 0 Å². The van der Waals surface area contributed by atoms with Gasteiger partial charge in [-0.25, -0.2) is 9.78 Å². The Morgan fingerprint density at radius 1 is 1.08 bits per heavy atom. The first-order valence-corrected chi connectivity index (χ1v) is 12.1. The van der Waals surface area contributed by atoms with Gasteiger partial charge in [0.1, 0.15) is 18.0 Å². The summed E-state index contributed by atoms with van der Waals surface area (Å²) < 4.78 is 17.1. The number of pyridine rings is 1. The Bertz CT molecular complexity index is 1190. The zero-order valence-electron chi connectivity index (χ0n) is 21.9. The standard InChI is InChI=1S/C27H36N4O5/c1-17(2)11-12-31-25(27(33)36-6)24(30-23(32)16-34-4)22-14-20(15-28-26(22)31)29-18(3)13-19-7-9-21(35-5)10-8-19/h7-10,14-15,17-18,29H,11-13,16H2,1-6H3,(H,30,32)/t18-/m0/s1. The van der Waals surface area contributed by atoms with Crippen LogP contribution in [-0.2, 0) is 27.2 Å². The smallest absolute Gasteiger partial charge is 0.356 e. The van der Waals surface area contributed by atoms with Gasteiger partial charge in [-0.05, 0) is 49.4 Å². The predicted molar refractivity (Wildman–Crippen MR) is 141 cm³/mol. The Morgan fingerprint density at radius 3 is 2.42 bits per heavy atom. The number of hydrogen-bond donors (Lipinski definition) is 2. The van der Waals surface area contributed by atoms with Gasteiger partial charge in [0.25, 0.3) is 0 Å². The summed E-state index contributed by atoms with van der Waals surface area (Å²) in [6.45, 7) is 6.74. The first-order valence-electron chi connectivity index (χ1n) is 12.1. The molecule has 2 aromatic heterocycles. The van der Waals surface area contributed by atoms with E-state index in [-0.39, 0.29) is 24.2 Å². The number of fused-ring (bicyclic) bond motifs is 1. The first-order chi connectivity index (χ1) is 17.3. The molecule has 1 aromatic carbocycles. The van der Waals surface area contributed by atoms with Gasteiger partial charge in [-0.1, -0.05) is 26.0 Å². The van der Waals surface area contributed by atoms with E-state index in [0.29, 0.717) is 29.2 Å². The second-order valence-corrected chi connectivity index (χ2v) is 9.22. The lowest BCUT2D eigenvalue weighted by atomic mass is 10.1. The zero-order chi connectivity index (χ0) is 26.2. The highest BCUT2D eigenvalue weighted by Crippen LogP contribution is 2.33. The number of carbonyl (C=O) groups excluding carboxylic acids is 2. The maximum absolute atomic E-state index is 12.8. The second kappa shape index (κ2) is 12.4. The number of amides is 1. The molecular weight excluding hydrogens is 460 g/mol. The van der Waals surface area contributed by atoms with Gasteiger partial charge in [0, 0.05) is 25.1 Å². The summed E-state index contributed by atoms with van der Waals surface area (Å²) in [5.74, 6) is 0.336.